The minimum Gasteiger partial charge on any atom is -0.347 e. The van der Waals surface area contributed by atoms with Crippen LogP contribution in [-0.4, -0.2) is 41.4 Å². The molecule has 5 nitrogen and oxygen atoms in total. The van der Waals surface area contributed by atoms with E-state index in [0.717, 1.165) is 0 Å². The highest BCUT2D eigenvalue weighted by Gasteiger charge is 2.17. The van der Waals surface area contributed by atoms with Gasteiger partial charge in [-0.05, 0) is 0 Å². The van der Waals surface area contributed by atoms with Crippen LogP contribution in [0.15, 0.2) is 12.4 Å². The molecule has 1 rings (SSSR count). The van der Waals surface area contributed by atoms with Crippen molar-refractivity contribution < 1.29 is 8.42 Å². The van der Waals surface area contributed by atoms with Crippen molar-refractivity contribution in [2.45, 2.75) is 6.54 Å². The summed E-state index contributed by atoms with van der Waals surface area (Å²) in [6, 6.07) is 0. The van der Waals surface area contributed by atoms with Gasteiger partial charge in [0.1, 0.15) is 5.82 Å². The van der Waals surface area contributed by atoms with Gasteiger partial charge in [-0.3, -0.25) is 0 Å². The summed E-state index contributed by atoms with van der Waals surface area (Å²) >= 11 is 5.38. The van der Waals surface area contributed by atoms with Crippen LogP contribution in [0.5, 0.6) is 0 Å². The lowest BCUT2D eigenvalue weighted by atomic mass is 10.6. The molecular weight excluding hydrogens is 226 g/mol. The van der Waals surface area contributed by atoms with Crippen molar-refractivity contribution in [2.75, 3.05) is 18.7 Å². The van der Waals surface area contributed by atoms with Crippen LogP contribution in [0.1, 0.15) is 5.82 Å². The van der Waals surface area contributed by atoms with Gasteiger partial charge in [0, 0.05) is 25.3 Å². The fourth-order valence-electron chi connectivity index (χ4n) is 0.947. The van der Waals surface area contributed by atoms with E-state index in [0.29, 0.717) is 5.82 Å². The molecule has 0 radical (unpaired) electrons. The fourth-order valence-corrected chi connectivity index (χ4v) is 2.36. The summed E-state index contributed by atoms with van der Waals surface area (Å²) in [7, 11) is -1.74. The molecule has 0 amide bonds. The van der Waals surface area contributed by atoms with Crippen LogP contribution in [0.3, 0.4) is 0 Å². The highest BCUT2D eigenvalue weighted by molar-refractivity contribution is 7.89. The number of hydrogen-bond acceptors (Lipinski definition) is 3. The lowest BCUT2D eigenvalue weighted by Crippen LogP contribution is -2.29. The second-order valence-electron chi connectivity index (χ2n) is 2.80. The number of halogens is 1. The third-order valence-electron chi connectivity index (χ3n) is 1.74. The number of rotatable bonds is 5. The lowest BCUT2D eigenvalue weighted by molar-refractivity contribution is 0.459. The molecule has 1 aromatic rings. The first-order valence-electron chi connectivity index (χ1n) is 4.04. The van der Waals surface area contributed by atoms with Crippen LogP contribution >= 0.6 is 11.6 Å². The Labute approximate surface area is 88.1 Å². The molecule has 80 valence electrons. The maximum Gasteiger partial charge on any atom is 0.215 e. The standard InChI is InChI=1S/C7H12ClN3O2S/c1-11(14(12,13)5-2-8)6-7-9-3-4-10-7/h3-4H,2,5-6H2,1H3,(H,9,10). The van der Waals surface area contributed by atoms with E-state index in [9.17, 15) is 8.42 Å². The largest absolute Gasteiger partial charge is 0.347 e. The topological polar surface area (TPSA) is 66.1 Å². The van der Waals surface area contributed by atoms with Gasteiger partial charge in [0.05, 0.1) is 12.3 Å². The van der Waals surface area contributed by atoms with Gasteiger partial charge in [-0.2, -0.15) is 4.31 Å². The van der Waals surface area contributed by atoms with E-state index in [2.05, 4.69) is 9.97 Å². The van der Waals surface area contributed by atoms with E-state index in [1.165, 1.54) is 11.4 Å². The van der Waals surface area contributed by atoms with Crippen molar-refractivity contribution in [3.8, 4) is 0 Å². The maximum absolute atomic E-state index is 11.5. The lowest BCUT2D eigenvalue weighted by Gasteiger charge is -2.14. The molecule has 1 N–H and O–H groups in total. The predicted octanol–water partition coefficient (Wildman–Crippen LogP) is 0.410. The Morgan fingerprint density at radius 1 is 1.64 bits per heavy atom. The predicted molar refractivity (Wildman–Crippen MR) is 54.6 cm³/mol. The molecule has 0 aliphatic heterocycles. The highest BCUT2D eigenvalue weighted by atomic mass is 35.5. The Bertz CT molecular complexity index is 362. The van der Waals surface area contributed by atoms with Gasteiger partial charge in [0.2, 0.25) is 10.0 Å². The normalized spacial score (nSPS) is 12.2. The Morgan fingerprint density at radius 2 is 2.36 bits per heavy atom. The summed E-state index contributed by atoms with van der Waals surface area (Å²) in [4.78, 5) is 6.77. The van der Waals surface area contributed by atoms with Crippen molar-refractivity contribution in [3.63, 3.8) is 0 Å². The first-order chi connectivity index (χ1) is 6.56. The zero-order valence-electron chi connectivity index (χ0n) is 7.77. The number of nitrogens with one attached hydrogen (secondary N) is 1. The summed E-state index contributed by atoms with van der Waals surface area (Å²) in [5, 5.41) is 0. The van der Waals surface area contributed by atoms with Crippen LogP contribution in [0.4, 0.5) is 0 Å². The van der Waals surface area contributed by atoms with Crippen LogP contribution in [0.25, 0.3) is 0 Å². The number of nitrogens with zero attached hydrogens (tertiary/aromatic N) is 2. The molecule has 7 heteroatoms. The second-order valence-corrected chi connectivity index (χ2v) is 5.37. The molecule has 0 spiro atoms. The fraction of sp³-hybridized carbons (Fsp3) is 0.571. The molecule has 0 saturated heterocycles. The molecule has 0 saturated carbocycles. The zero-order valence-corrected chi connectivity index (χ0v) is 9.35. The number of aromatic nitrogens is 2. The summed E-state index contributed by atoms with van der Waals surface area (Å²) in [5.74, 6) is 0.669. The number of alkyl halides is 1. The third-order valence-corrected chi connectivity index (χ3v) is 3.95. The molecular formula is C7H12ClN3O2S. The molecule has 0 aliphatic rings. The summed E-state index contributed by atoms with van der Waals surface area (Å²) < 4.78 is 24.1. The number of hydrogen-bond donors (Lipinski definition) is 1. The summed E-state index contributed by atoms with van der Waals surface area (Å²) in [5.41, 5.74) is 0. The zero-order chi connectivity index (χ0) is 10.6. The molecule has 0 aromatic carbocycles. The molecule has 0 unspecified atom stereocenters. The van der Waals surface area contributed by atoms with Crippen LogP contribution < -0.4 is 0 Å². The summed E-state index contributed by atoms with van der Waals surface area (Å²) in [6.07, 6.45) is 3.23. The molecule has 0 aliphatic carbocycles. The van der Waals surface area contributed by atoms with E-state index in [1.54, 1.807) is 12.4 Å². The van der Waals surface area contributed by atoms with E-state index < -0.39 is 10.0 Å². The van der Waals surface area contributed by atoms with Crippen molar-refractivity contribution in [1.29, 1.82) is 0 Å². The summed E-state index contributed by atoms with van der Waals surface area (Å²) in [6.45, 7) is 0.242. The minimum atomic E-state index is -3.25. The van der Waals surface area contributed by atoms with Gasteiger partial charge in [-0.1, -0.05) is 0 Å². The SMILES string of the molecule is CN(Cc1ncc[nH]1)S(=O)(=O)CCCl. The quantitative estimate of drug-likeness (QED) is 0.755. The van der Waals surface area contributed by atoms with Gasteiger partial charge >= 0.3 is 0 Å². The maximum atomic E-state index is 11.5. The van der Waals surface area contributed by atoms with Gasteiger partial charge in [0.15, 0.2) is 0 Å². The van der Waals surface area contributed by atoms with Crippen LogP contribution in [0.2, 0.25) is 0 Å². The number of sulfonamides is 1. The Kier molecular flexibility index (Phi) is 3.91. The first-order valence-corrected chi connectivity index (χ1v) is 6.19. The number of imidazole rings is 1. The first kappa shape index (κ1) is 11.5. The van der Waals surface area contributed by atoms with E-state index >= 15 is 0 Å². The van der Waals surface area contributed by atoms with Crippen molar-refractivity contribution in [3.05, 3.63) is 18.2 Å². The van der Waals surface area contributed by atoms with Crippen LogP contribution in [-0.2, 0) is 16.6 Å². The Morgan fingerprint density at radius 3 is 2.86 bits per heavy atom. The van der Waals surface area contributed by atoms with Gasteiger partial charge < -0.3 is 4.98 Å². The van der Waals surface area contributed by atoms with E-state index in [-0.39, 0.29) is 18.2 Å². The molecule has 0 fully saturated rings. The van der Waals surface area contributed by atoms with Crippen molar-refractivity contribution >= 4 is 21.6 Å². The van der Waals surface area contributed by atoms with Gasteiger partial charge in [0.25, 0.3) is 0 Å². The highest BCUT2D eigenvalue weighted by Crippen LogP contribution is 2.03. The smallest absolute Gasteiger partial charge is 0.215 e. The molecule has 0 atom stereocenters. The third kappa shape index (κ3) is 2.97. The molecule has 1 aromatic heterocycles. The molecule has 0 bridgehead atoms. The molecule has 14 heavy (non-hydrogen) atoms. The van der Waals surface area contributed by atoms with Crippen LogP contribution in [0, 0.1) is 0 Å². The van der Waals surface area contributed by atoms with E-state index in [4.69, 9.17) is 11.6 Å². The molecule has 1 heterocycles. The number of H-pyrrole nitrogens is 1. The monoisotopic (exact) mass is 237 g/mol. The van der Waals surface area contributed by atoms with Crippen molar-refractivity contribution in [1.82, 2.24) is 14.3 Å². The van der Waals surface area contributed by atoms with Gasteiger partial charge in [-0.15, -0.1) is 11.6 Å². The second kappa shape index (κ2) is 4.77. The average molecular weight is 238 g/mol. The minimum absolute atomic E-state index is 0.0498. The Balaban J connectivity index is 2.62. The number of aromatic amines is 1. The van der Waals surface area contributed by atoms with Crippen molar-refractivity contribution in [2.24, 2.45) is 0 Å². The average Bonchev–Trinajstić information content (AvgIpc) is 2.56. The van der Waals surface area contributed by atoms with E-state index in [1.807, 2.05) is 0 Å². The van der Waals surface area contributed by atoms with Gasteiger partial charge in [-0.25, -0.2) is 13.4 Å². The Hall–Kier alpha value is -0.590.